The van der Waals surface area contributed by atoms with E-state index in [0.717, 1.165) is 39.3 Å². The molecule has 2 aliphatic heterocycles. The summed E-state index contributed by atoms with van der Waals surface area (Å²) in [6.07, 6.45) is 7.87. The fourth-order valence-electron chi connectivity index (χ4n) is 4.07. The number of likely N-dealkylation sites (N-methyl/N-ethyl adjacent to an activating group) is 2. The van der Waals surface area contributed by atoms with E-state index in [4.69, 9.17) is 11.2 Å². The van der Waals surface area contributed by atoms with E-state index in [0.29, 0.717) is 6.54 Å². The highest BCUT2D eigenvalue weighted by Crippen LogP contribution is 2.34. The third kappa shape index (κ3) is 3.41. The van der Waals surface area contributed by atoms with Crippen LogP contribution in [-0.4, -0.2) is 91.8 Å². The fourth-order valence-corrected chi connectivity index (χ4v) is 4.07. The molecule has 2 fully saturated rings. The van der Waals surface area contributed by atoms with Gasteiger partial charge in [0.25, 0.3) is 0 Å². The van der Waals surface area contributed by atoms with Crippen LogP contribution in [0.2, 0.25) is 0 Å². The van der Waals surface area contributed by atoms with Gasteiger partial charge in [0.2, 0.25) is 0 Å². The Kier molecular flexibility index (Phi) is 6.84. The maximum absolute atomic E-state index is 6.17. The van der Waals surface area contributed by atoms with Crippen molar-refractivity contribution in [1.82, 2.24) is 25.1 Å². The van der Waals surface area contributed by atoms with E-state index in [-0.39, 0.29) is 12.0 Å². The first-order valence-electron chi connectivity index (χ1n) is 8.86. The summed E-state index contributed by atoms with van der Waals surface area (Å²) < 4.78 is 6.17. The first-order valence-corrected chi connectivity index (χ1v) is 8.86. The minimum atomic E-state index is -0.358. The molecule has 6 heteroatoms. The number of morpholine rings is 1. The Bertz CT molecular complexity index is 400. The summed E-state index contributed by atoms with van der Waals surface area (Å²) in [6, 6.07) is 0. The highest BCUT2D eigenvalue weighted by Gasteiger charge is 2.55. The maximum Gasteiger partial charge on any atom is 0.184 e. The summed E-state index contributed by atoms with van der Waals surface area (Å²) >= 11 is 0. The second-order valence-corrected chi connectivity index (χ2v) is 6.37. The highest BCUT2D eigenvalue weighted by atomic mass is 16.5. The van der Waals surface area contributed by atoms with Gasteiger partial charge in [0, 0.05) is 19.6 Å². The largest absolute Gasteiger partial charge is 0.357 e. The van der Waals surface area contributed by atoms with Gasteiger partial charge in [0.05, 0.1) is 13.2 Å². The van der Waals surface area contributed by atoms with Crippen LogP contribution in [0.5, 0.6) is 0 Å². The number of nitrogens with one attached hydrogen (secondary N) is 1. The van der Waals surface area contributed by atoms with Crippen LogP contribution in [0.4, 0.5) is 0 Å². The quantitative estimate of drug-likeness (QED) is 0.541. The number of hydrogen-bond acceptors (Lipinski definition) is 6. The summed E-state index contributed by atoms with van der Waals surface area (Å²) in [5.41, 5.74) is 0. The maximum atomic E-state index is 6.17. The number of terminal acetylenes is 1. The molecular formula is C17H33N5O. The topological polar surface area (TPSA) is 34.2 Å². The molecule has 2 heterocycles. The standard InChI is InChI=1S/C17H33N5O/c1-6-11-18-16-17(19(4)5,20(7-2)8-3)22(14-15-23-16)21-12-9-10-13-21/h1,16,18H,7-15H2,2-5H3. The lowest BCUT2D eigenvalue weighted by atomic mass is 10.1. The number of nitrogens with zero attached hydrogens (tertiary/aromatic N) is 4. The lowest BCUT2D eigenvalue weighted by molar-refractivity contribution is -0.316. The molecule has 6 nitrogen and oxygen atoms in total. The zero-order chi connectivity index (χ0) is 16.9. The molecule has 0 aromatic heterocycles. The van der Waals surface area contributed by atoms with Crippen molar-refractivity contribution in [1.29, 1.82) is 0 Å². The van der Waals surface area contributed by atoms with Gasteiger partial charge in [-0.05, 0) is 40.0 Å². The van der Waals surface area contributed by atoms with Crippen molar-refractivity contribution in [2.75, 3.05) is 60.0 Å². The zero-order valence-electron chi connectivity index (χ0n) is 15.2. The second kappa shape index (κ2) is 8.43. The Morgan fingerprint density at radius 2 is 1.87 bits per heavy atom. The normalized spacial score (nSPS) is 30.2. The average molecular weight is 323 g/mol. The molecular weight excluding hydrogens is 290 g/mol. The summed E-state index contributed by atoms with van der Waals surface area (Å²) in [5.74, 6) is 2.33. The van der Waals surface area contributed by atoms with E-state index >= 15 is 0 Å². The molecule has 2 aliphatic rings. The Morgan fingerprint density at radius 3 is 2.39 bits per heavy atom. The average Bonchev–Trinajstić information content (AvgIpc) is 3.08. The van der Waals surface area contributed by atoms with Crippen LogP contribution in [0.15, 0.2) is 0 Å². The van der Waals surface area contributed by atoms with Crippen LogP contribution in [0, 0.1) is 12.3 Å². The first kappa shape index (κ1) is 18.7. The Morgan fingerprint density at radius 1 is 1.22 bits per heavy atom. The molecule has 2 rings (SSSR count). The number of hydrazine groups is 1. The lowest BCUT2D eigenvalue weighted by Gasteiger charge is -2.61. The van der Waals surface area contributed by atoms with Crippen molar-refractivity contribution in [3.63, 3.8) is 0 Å². The molecule has 2 unspecified atom stereocenters. The van der Waals surface area contributed by atoms with Crippen LogP contribution >= 0.6 is 0 Å². The van der Waals surface area contributed by atoms with E-state index in [1.165, 1.54) is 12.8 Å². The minimum Gasteiger partial charge on any atom is -0.357 e. The summed E-state index contributed by atoms with van der Waals surface area (Å²) in [6.45, 7) is 10.7. The van der Waals surface area contributed by atoms with Gasteiger partial charge in [0.15, 0.2) is 12.0 Å². The summed E-state index contributed by atoms with van der Waals surface area (Å²) in [4.78, 5) is 4.75. The number of ether oxygens (including phenoxy) is 1. The smallest absolute Gasteiger partial charge is 0.184 e. The van der Waals surface area contributed by atoms with Gasteiger partial charge >= 0.3 is 0 Å². The third-order valence-electron chi connectivity index (χ3n) is 5.02. The number of hydrogen-bond donors (Lipinski definition) is 1. The molecule has 1 N–H and O–H groups in total. The molecule has 23 heavy (non-hydrogen) atoms. The SMILES string of the molecule is C#CCNC1OCCN(N2CCCC2)C1(N(C)C)N(CC)CC. The van der Waals surface area contributed by atoms with E-state index in [1.807, 2.05) is 0 Å². The first-order chi connectivity index (χ1) is 11.1. The zero-order valence-corrected chi connectivity index (χ0v) is 15.2. The van der Waals surface area contributed by atoms with Gasteiger partial charge in [-0.3, -0.25) is 15.1 Å². The van der Waals surface area contributed by atoms with E-state index in [1.54, 1.807) is 0 Å². The van der Waals surface area contributed by atoms with E-state index < -0.39 is 0 Å². The highest BCUT2D eigenvalue weighted by molar-refractivity contribution is 4.98. The van der Waals surface area contributed by atoms with Crippen LogP contribution in [0.1, 0.15) is 26.7 Å². The lowest BCUT2D eigenvalue weighted by Crippen LogP contribution is -2.81. The predicted octanol–water partition coefficient (Wildman–Crippen LogP) is 0.436. The van der Waals surface area contributed by atoms with Gasteiger partial charge in [-0.1, -0.05) is 19.8 Å². The van der Waals surface area contributed by atoms with Gasteiger partial charge in [-0.25, -0.2) is 10.0 Å². The van der Waals surface area contributed by atoms with Crippen molar-refractivity contribution >= 4 is 0 Å². The van der Waals surface area contributed by atoms with Gasteiger partial charge in [0.1, 0.15) is 0 Å². The van der Waals surface area contributed by atoms with Crippen molar-refractivity contribution in [3.05, 3.63) is 0 Å². The predicted molar refractivity (Wildman–Crippen MR) is 93.4 cm³/mol. The molecule has 0 aromatic carbocycles. The van der Waals surface area contributed by atoms with Crippen LogP contribution in [0.25, 0.3) is 0 Å². The van der Waals surface area contributed by atoms with E-state index in [9.17, 15) is 0 Å². The minimum absolute atomic E-state index is 0.150. The molecule has 0 saturated carbocycles. The third-order valence-corrected chi connectivity index (χ3v) is 5.02. The molecule has 0 aliphatic carbocycles. The Labute approximate surface area is 141 Å². The molecule has 0 aromatic rings. The Hall–Kier alpha value is -0.680. The molecule has 2 atom stereocenters. The molecule has 2 saturated heterocycles. The van der Waals surface area contributed by atoms with Gasteiger partial charge in [-0.2, -0.15) is 0 Å². The molecule has 0 spiro atoms. The van der Waals surface area contributed by atoms with E-state index in [2.05, 4.69) is 59.0 Å². The number of rotatable bonds is 7. The molecule has 0 bridgehead atoms. The van der Waals surface area contributed by atoms with Crippen molar-refractivity contribution < 1.29 is 4.74 Å². The molecule has 0 amide bonds. The monoisotopic (exact) mass is 323 g/mol. The Balaban J connectivity index is 2.42. The van der Waals surface area contributed by atoms with Crippen molar-refractivity contribution in [3.8, 4) is 12.3 Å². The van der Waals surface area contributed by atoms with Gasteiger partial charge < -0.3 is 4.74 Å². The summed E-state index contributed by atoms with van der Waals surface area (Å²) in [5, 5.41) is 8.46. The fraction of sp³-hybridized carbons (Fsp3) is 0.882. The van der Waals surface area contributed by atoms with Crippen molar-refractivity contribution in [2.45, 2.75) is 38.7 Å². The van der Waals surface area contributed by atoms with Crippen molar-refractivity contribution in [2.24, 2.45) is 0 Å². The second-order valence-electron chi connectivity index (χ2n) is 6.37. The van der Waals surface area contributed by atoms with Crippen LogP contribution in [0.3, 0.4) is 0 Å². The molecule has 132 valence electrons. The van der Waals surface area contributed by atoms with Crippen LogP contribution < -0.4 is 5.32 Å². The van der Waals surface area contributed by atoms with Gasteiger partial charge in [-0.15, -0.1) is 6.42 Å². The molecule has 0 radical (unpaired) electrons. The van der Waals surface area contributed by atoms with Crippen LogP contribution in [-0.2, 0) is 4.74 Å². The summed E-state index contributed by atoms with van der Waals surface area (Å²) in [7, 11) is 4.28.